The van der Waals surface area contributed by atoms with Crippen LogP contribution in [0.1, 0.15) is 44.9 Å². The lowest BCUT2D eigenvalue weighted by molar-refractivity contribution is 0.0685. The van der Waals surface area contributed by atoms with Gasteiger partial charge in [0, 0.05) is 13.0 Å². The van der Waals surface area contributed by atoms with Gasteiger partial charge in [-0.2, -0.15) is 0 Å². The van der Waals surface area contributed by atoms with Crippen LogP contribution < -0.4 is 0 Å². The molecule has 4 heteroatoms. The van der Waals surface area contributed by atoms with Crippen LogP contribution in [0.25, 0.3) is 0 Å². The molecule has 0 amide bonds. The molecule has 0 spiro atoms. The first-order chi connectivity index (χ1) is 9.66. The number of carboxylic acids is 1. The second-order valence-corrected chi connectivity index (χ2v) is 5.06. The first kappa shape index (κ1) is 12.7. The minimum Gasteiger partial charge on any atom is -0.477 e. The lowest BCUT2D eigenvalue weighted by Crippen LogP contribution is -2.18. The molecule has 0 radical (unpaired) electrons. The van der Waals surface area contributed by atoms with E-state index in [-0.39, 0.29) is 11.5 Å². The third kappa shape index (κ3) is 2.13. The zero-order valence-corrected chi connectivity index (χ0v) is 11.0. The SMILES string of the molecule is O=C(O)c1cc2c(n1Cc1ccccc1)C(=O)CCC2. The molecule has 1 heterocycles. The van der Waals surface area contributed by atoms with Gasteiger partial charge in [0.25, 0.3) is 0 Å². The van der Waals surface area contributed by atoms with Gasteiger partial charge in [0.05, 0.1) is 5.69 Å². The summed E-state index contributed by atoms with van der Waals surface area (Å²) in [6.45, 7) is 0.420. The summed E-state index contributed by atoms with van der Waals surface area (Å²) in [5.41, 5.74) is 2.65. The van der Waals surface area contributed by atoms with Gasteiger partial charge < -0.3 is 9.67 Å². The molecule has 20 heavy (non-hydrogen) atoms. The third-order valence-electron chi connectivity index (χ3n) is 3.69. The van der Waals surface area contributed by atoms with Crippen LogP contribution in [0.3, 0.4) is 0 Å². The number of aromatic carboxylic acids is 1. The van der Waals surface area contributed by atoms with Crippen molar-refractivity contribution in [2.75, 3.05) is 0 Å². The van der Waals surface area contributed by atoms with E-state index in [2.05, 4.69) is 0 Å². The number of hydrogen-bond donors (Lipinski definition) is 1. The zero-order valence-electron chi connectivity index (χ0n) is 11.0. The van der Waals surface area contributed by atoms with Crippen molar-refractivity contribution in [3.63, 3.8) is 0 Å². The quantitative estimate of drug-likeness (QED) is 0.932. The van der Waals surface area contributed by atoms with Gasteiger partial charge in [0.15, 0.2) is 5.78 Å². The number of rotatable bonds is 3. The van der Waals surface area contributed by atoms with Gasteiger partial charge in [-0.05, 0) is 30.0 Å². The van der Waals surface area contributed by atoms with Crippen molar-refractivity contribution in [1.82, 2.24) is 4.57 Å². The van der Waals surface area contributed by atoms with E-state index in [1.807, 2.05) is 30.3 Å². The van der Waals surface area contributed by atoms with Gasteiger partial charge >= 0.3 is 5.97 Å². The van der Waals surface area contributed by atoms with Crippen LogP contribution in [-0.2, 0) is 13.0 Å². The molecule has 0 fully saturated rings. The maximum atomic E-state index is 12.1. The summed E-state index contributed by atoms with van der Waals surface area (Å²) in [6, 6.07) is 11.3. The molecular weight excluding hydrogens is 254 g/mol. The molecule has 1 aliphatic rings. The molecule has 0 aliphatic heterocycles. The van der Waals surface area contributed by atoms with Gasteiger partial charge in [0.2, 0.25) is 0 Å². The summed E-state index contributed by atoms with van der Waals surface area (Å²) in [4.78, 5) is 23.5. The van der Waals surface area contributed by atoms with Crippen LogP contribution in [0.2, 0.25) is 0 Å². The summed E-state index contributed by atoms with van der Waals surface area (Å²) in [6.07, 6.45) is 2.09. The number of carboxylic acid groups (broad SMARTS) is 1. The van der Waals surface area contributed by atoms with Gasteiger partial charge in [-0.1, -0.05) is 30.3 Å². The van der Waals surface area contributed by atoms with Crippen LogP contribution >= 0.6 is 0 Å². The maximum Gasteiger partial charge on any atom is 0.352 e. The van der Waals surface area contributed by atoms with Crippen LogP contribution in [0.15, 0.2) is 36.4 Å². The minimum atomic E-state index is -0.983. The largest absolute Gasteiger partial charge is 0.477 e. The number of Topliss-reactive ketones (excluding diaryl/α,β-unsaturated/α-hetero) is 1. The fourth-order valence-corrected chi connectivity index (χ4v) is 2.79. The van der Waals surface area contributed by atoms with E-state index in [1.165, 1.54) is 0 Å². The summed E-state index contributed by atoms with van der Waals surface area (Å²) in [5.74, 6) is -0.933. The number of fused-ring (bicyclic) bond motifs is 1. The molecule has 1 aromatic carbocycles. The normalized spacial score (nSPS) is 14.1. The Morgan fingerprint density at radius 3 is 2.65 bits per heavy atom. The lowest BCUT2D eigenvalue weighted by Gasteiger charge is -2.15. The summed E-state index contributed by atoms with van der Waals surface area (Å²) in [5, 5.41) is 9.35. The number of nitrogens with zero attached hydrogens (tertiary/aromatic N) is 1. The summed E-state index contributed by atoms with van der Waals surface area (Å²) in [7, 11) is 0. The molecular formula is C16H15NO3. The molecule has 0 saturated heterocycles. The molecule has 3 rings (SSSR count). The van der Waals surface area contributed by atoms with Crippen molar-refractivity contribution in [3.8, 4) is 0 Å². The van der Waals surface area contributed by atoms with E-state index >= 15 is 0 Å². The Labute approximate surface area is 116 Å². The summed E-state index contributed by atoms with van der Waals surface area (Å²) < 4.78 is 1.65. The average Bonchev–Trinajstić information content (AvgIpc) is 2.80. The maximum absolute atomic E-state index is 12.1. The molecule has 1 aromatic heterocycles. The predicted molar refractivity (Wildman–Crippen MR) is 74.2 cm³/mol. The van der Waals surface area contributed by atoms with E-state index < -0.39 is 5.97 Å². The Balaban J connectivity index is 2.10. The van der Waals surface area contributed by atoms with Crippen molar-refractivity contribution in [3.05, 3.63) is 58.9 Å². The highest BCUT2D eigenvalue weighted by atomic mass is 16.4. The molecule has 0 saturated carbocycles. The molecule has 102 valence electrons. The predicted octanol–water partition coefficient (Wildman–Crippen LogP) is 2.75. The number of aryl methyl sites for hydroxylation is 1. The number of ketones is 1. The van der Waals surface area contributed by atoms with Crippen molar-refractivity contribution in [1.29, 1.82) is 0 Å². The molecule has 1 N–H and O–H groups in total. The van der Waals surface area contributed by atoms with E-state index in [0.717, 1.165) is 24.0 Å². The fourth-order valence-electron chi connectivity index (χ4n) is 2.79. The van der Waals surface area contributed by atoms with Crippen LogP contribution in [0.5, 0.6) is 0 Å². The van der Waals surface area contributed by atoms with Crippen LogP contribution in [0.4, 0.5) is 0 Å². The Kier molecular flexibility index (Phi) is 3.14. The average molecular weight is 269 g/mol. The van der Waals surface area contributed by atoms with Gasteiger partial charge in [-0.25, -0.2) is 4.79 Å². The molecule has 2 aromatic rings. The van der Waals surface area contributed by atoms with E-state index in [9.17, 15) is 14.7 Å². The fraction of sp³-hybridized carbons (Fsp3) is 0.250. The van der Waals surface area contributed by atoms with E-state index in [4.69, 9.17) is 0 Å². The van der Waals surface area contributed by atoms with Gasteiger partial charge in [-0.3, -0.25) is 4.79 Å². The molecule has 1 aliphatic carbocycles. The highest BCUT2D eigenvalue weighted by Gasteiger charge is 2.26. The lowest BCUT2D eigenvalue weighted by atomic mass is 9.97. The standard InChI is InChI=1S/C16H15NO3/c18-14-8-4-7-12-9-13(16(19)20)17(15(12)14)10-11-5-2-1-3-6-11/h1-3,5-6,9H,4,7-8,10H2,(H,19,20). The van der Waals surface area contributed by atoms with Crippen LogP contribution in [0, 0.1) is 0 Å². The molecule has 0 atom stereocenters. The first-order valence-corrected chi connectivity index (χ1v) is 6.69. The Morgan fingerprint density at radius 2 is 1.95 bits per heavy atom. The molecule has 4 nitrogen and oxygen atoms in total. The van der Waals surface area contributed by atoms with Gasteiger partial charge in [-0.15, -0.1) is 0 Å². The number of carbonyl (C=O) groups is 2. The summed E-state index contributed by atoms with van der Waals surface area (Å²) >= 11 is 0. The minimum absolute atomic E-state index is 0.0506. The highest BCUT2D eigenvalue weighted by Crippen LogP contribution is 2.26. The Hall–Kier alpha value is -2.36. The Morgan fingerprint density at radius 1 is 1.20 bits per heavy atom. The topological polar surface area (TPSA) is 59.3 Å². The number of benzene rings is 1. The van der Waals surface area contributed by atoms with Crippen LogP contribution in [-0.4, -0.2) is 21.4 Å². The van der Waals surface area contributed by atoms with Crippen molar-refractivity contribution in [2.24, 2.45) is 0 Å². The van der Waals surface area contributed by atoms with E-state index in [1.54, 1.807) is 10.6 Å². The molecule has 0 unspecified atom stereocenters. The number of hydrogen-bond acceptors (Lipinski definition) is 2. The Bertz CT molecular complexity index is 671. The highest BCUT2D eigenvalue weighted by molar-refractivity contribution is 5.99. The van der Waals surface area contributed by atoms with Crippen molar-refractivity contribution in [2.45, 2.75) is 25.8 Å². The molecule has 0 bridgehead atoms. The zero-order chi connectivity index (χ0) is 14.1. The second kappa shape index (κ2) is 4.96. The third-order valence-corrected chi connectivity index (χ3v) is 3.69. The second-order valence-electron chi connectivity index (χ2n) is 5.06. The monoisotopic (exact) mass is 269 g/mol. The van der Waals surface area contributed by atoms with Crippen molar-refractivity contribution >= 4 is 11.8 Å². The van der Waals surface area contributed by atoms with Crippen molar-refractivity contribution < 1.29 is 14.7 Å². The number of aromatic nitrogens is 1. The number of carbonyl (C=O) groups excluding carboxylic acids is 1. The smallest absolute Gasteiger partial charge is 0.352 e. The van der Waals surface area contributed by atoms with E-state index in [0.29, 0.717) is 18.7 Å². The van der Waals surface area contributed by atoms with Gasteiger partial charge in [0.1, 0.15) is 5.69 Å². The first-order valence-electron chi connectivity index (χ1n) is 6.69.